The number of hydrogen-bond donors (Lipinski definition) is 2. The zero-order chi connectivity index (χ0) is 16.9. The summed E-state index contributed by atoms with van der Waals surface area (Å²) < 4.78 is 5.64. The highest BCUT2D eigenvalue weighted by Gasteiger charge is 2.34. The molecule has 2 N–H and O–H groups in total. The molecular formula is C18H22N4O2. The highest BCUT2D eigenvalue weighted by atomic mass is 16.5. The van der Waals surface area contributed by atoms with E-state index in [9.17, 15) is 4.79 Å². The zero-order valence-corrected chi connectivity index (χ0v) is 14.3. The van der Waals surface area contributed by atoms with E-state index in [0.29, 0.717) is 26.4 Å². The number of aromatic amines is 1. The number of nitrogens with one attached hydrogen (secondary N) is 2. The molecule has 6 heteroatoms. The summed E-state index contributed by atoms with van der Waals surface area (Å²) in [4.78, 5) is 18.1. The van der Waals surface area contributed by atoms with E-state index in [2.05, 4.69) is 27.6 Å². The Morgan fingerprint density at radius 3 is 2.92 bits per heavy atom. The molecule has 4 rings (SSSR count). The first-order chi connectivity index (χ1) is 11.4. The predicted octanol–water partition coefficient (Wildman–Crippen LogP) is 2.34. The van der Waals surface area contributed by atoms with Crippen molar-refractivity contribution in [3.05, 3.63) is 35.0 Å². The Morgan fingerprint density at radius 1 is 1.29 bits per heavy atom. The summed E-state index contributed by atoms with van der Waals surface area (Å²) in [5.41, 5.74) is 7.83. The summed E-state index contributed by atoms with van der Waals surface area (Å²) >= 11 is 0. The number of nitrogens with zero attached hydrogens (tertiary/aromatic N) is 2. The second-order valence-electron chi connectivity index (χ2n) is 7.44. The number of hydrogen-bond acceptors (Lipinski definition) is 4. The second kappa shape index (κ2) is 5.34. The van der Waals surface area contributed by atoms with Crippen LogP contribution in [0.2, 0.25) is 0 Å². The second-order valence-corrected chi connectivity index (χ2v) is 7.44. The van der Waals surface area contributed by atoms with Gasteiger partial charge in [-0.15, -0.1) is 0 Å². The molecule has 24 heavy (non-hydrogen) atoms. The van der Waals surface area contributed by atoms with Gasteiger partial charge in [-0.05, 0) is 11.6 Å². The Bertz CT molecular complexity index is 845. The molecule has 2 aromatic rings. The molecule has 1 amide bonds. The Kier molecular flexibility index (Phi) is 3.38. The molecule has 126 valence electrons. The molecule has 0 atom stereocenters. The van der Waals surface area contributed by atoms with Crippen LogP contribution >= 0.6 is 0 Å². The molecule has 3 heterocycles. The van der Waals surface area contributed by atoms with Gasteiger partial charge in [0.2, 0.25) is 5.91 Å². The molecule has 0 aliphatic carbocycles. The molecule has 2 aliphatic rings. The number of hydrazone groups is 1. The summed E-state index contributed by atoms with van der Waals surface area (Å²) in [6, 6.07) is 6.19. The fourth-order valence-corrected chi connectivity index (χ4v) is 3.48. The van der Waals surface area contributed by atoms with E-state index in [0.717, 1.165) is 33.4 Å². The van der Waals surface area contributed by atoms with Crippen molar-refractivity contribution in [2.75, 3.05) is 13.3 Å². The summed E-state index contributed by atoms with van der Waals surface area (Å²) in [7, 11) is 0. The lowest BCUT2D eigenvalue weighted by Gasteiger charge is -2.33. The largest absolute Gasteiger partial charge is 0.356 e. The van der Waals surface area contributed by atoms with Gasteiger partial charge >= 0.3 is 0 Å². The molecule has 0 bridgehead atoms. The van der Waals surface area contributed by atoms with Crippen LogP contribution < -0.4 is 5.43 Å². The van der Waals surface area contributed by atoms with Crippen molar-refractivity contribution in [1.82, 2.24) is 15.3 Å². The smallest absolute Gasteiger partial charge is 0.228 e. The minimum Gasteiger partial charge on any atom is -0.356 e. The van der Waals surface area contributed by atoms with Crippen LogP contribution in [0.15, 0.2) is 23.3 Å². The zero-order valence-electron chi connectivity index (χ0n) is 14.3. The molecule has 1 aromatic carbocycles. The van der Waals surface area contributed by atoms with Gasteiger partial charge in [-0.3, -0.25) is 10.2 Å². The molecule has 1 aromatic heterocycles. The lowest BCUT2D eigenvalue weighted by Crippen LogP contribution is -2.45. The SMILES string of the molecule is CC(C)(C)C(=O)N1C/C2=N/NCOCc3cccc4[nH]c(c2c34)C1. The topological polar surface area (TPSA) is 69.7 Å². The number of amides is 1. The highest BCUT2D eigenvalue weighted by molar-refractivity contribution is 6.15. The number of ether oxygens (including phenoxy) is 1. The average molecular weight is 326 g/mol. The molecule has 0 unspecified atom stereocenters. The van der Waals surface area contributed by atoms with E-state index in [4.69, 9.17) is 4.74 Å². The molecule has 0 saturated heterocycles. The van der Waals surface area contributed by atoms with Gasteiger partial charge in [-0.1, -0.05) is 32.9 Å². The Morgan fingerprint density at radius 2 is 2.12 bits per heavy atom. The van der Waals surface area contributed by atoms with Gasteiger partial charge in [0.25, 0.3) is 0 Å². The van der Waals surface area contributed by atoms with E-state index < -0.39 is 5.41 Å². The standard InChI is InChI=1S/C18H22N4O2/c1-18(2,3)17(23)22-7-13-16-14(8-22)21-19-10-24-9-11-5-4-6-12(20-13)15(11)16/h4-6,19-20H,7-10H2,1-3H3/b21-14-. The Hall–Kier alpha value is -2.34. The quantitative estimate of drug-likeness (QED) is 0.781. The van der Waals surface area contributed by atoms with Crippen molar-refractivity contribution in [2.24, 2.45) is 10.5 Å². The molecule has 0 spiro atoms. The van der Waals surface area contributed by atoms with E-state index in [-0.39, 0.29) is 5.91 Å². The van der Waals surface area contributed by atoms with E-state index >= 15 is 0 Å². The van der Waals surface area contributed by atoms with Gasteiger partial charge in [-0.2, -0.15) is 5.10 Å². The lowest BCUT2D eigenvalue weighted by molar-refractivity contribution is -0.139. The number of H-pyrrole nitrogens is 1. The number of benzene rings is 1. The van der Waals surface area contributed by atoms with Gasteiger partial charge < -0.3 is 14.6 Å². The molecule has 0 saturated carbocycles. The number of rotatable bonds is 0. The van der Waals surface area contributed by atoms with Crippen molar-refractivity contribution in [3.8, 4) is 0 Å². The molecule has 6 nitrogen and oxygen atoms in total. The van der Waals surface area contributed by atoms with Gasteiger partial charge in [0.05, 0.1) is 25.4 Å². The molecule has 0 fully saturated rings. The van der Waals surface area contributed by atoms with Crippen molar-refractivity contribution in [2.45, 2.75) is 33.9 Å². The number of aromatic nitrogens is 1. The minimum absolute atomic E-state index is 0.130. The fourth-order valence-electron chi connectivity index (χ4n) is 3.48. The fraction of sp³-hybridized carbons (Fsp3) is 0.444. The number of carbonyl (C=O) groups is 1. The lowest BCUT2D eigenvalue weighted by atomic mass is 9.92. The summed E-state index contributed by atoms with van der Waals surface area (Å²) in [5.74, 6) is 0.130. The molecular weight excluding hydrogens is 304 g/mol. The average Bonchev–Trinajstić information content (AvgIpc) is 2.94. The Balaban J connectivity index is 1.88. The normalized spacial score (nSPS) is 19.8. The first-order valence-corrected chi connectivity index (χ1v) is 8.24. The van der Waals surface area contributed by atoms with Crippen LogP contribution in [-0.2, 0) is 22.7 Å². The van der Waals surface area contributed by atoms with Crippen LogP contribution in [-0.4, -0.2) is 34.8 Å². The molecule has 0 radical (unpaired) electrons. The van der Waals surface area contributed by atoms with Crippen molar-refractivity contribution >= 4 is 22.5 Å². The monoisotopic (exact) mass is 326 g/mol. The summed E-state index contributed by atoms with van der Waals surface area (Å²) in [6.45, 7) is 7.84. The van der Waals surface area contributed by atoms with Gasteiger partial charge in [-0.25, -0.2) is 0 Å². The van der Waals surface area contributed by atoms with Crippen LogP contribution in [0.4, 0.5) is 0 Å². The van der Waals surface area contributed by atoms with Crippen LogP contribution in [0.5, 0.6) is 0 Å². The maximum atomic E-state index is 12.8. The predicted molar refractivity (Wildman–Crippen MR) is 92.5 cm³/mol. The van der Waals surface area contributed by atoms with Crippen molar-refractivity contribution in [1.29, 1.82) is 0 Å². The third kappa shape index (κ3) is 2.38. The van der Waals surface area contributed by atoms with Gasteiger partial charge in [0.15, 0.2) is 0 Å². The minimum atomic E-state index is -0.412. The van der Waals surface area contributed by atoms with Crippen molar-refractivity contribution < 1.29 is 9.53 Å². The van der Waals surface area contributed by atoms with Crippen LogP contribution in [0.1, 0.15) is 37.6 Å². The van der Waals surface area contributed by atoms with E-state index in [1.807, 2.05) is 31.7 Å². The summed E-state index contributed by atoms with van der Waals surface area (Å²) in [5, 5.41) is 5.68. The molecule has 2 aliphatic heterocycles. The van der Waals surface area contributed by atoms with E-state index in [1.165, 1.54) is 0 Å². The maximum absolute atomic E-state index is 12.8. The van der Waals surface area contributed by atoms with Crippen molar-refractivity contribution in [3.63, 3.8) is 0 Å². The third-order valence-electron chi connectivity index (χ3n) is 4.53. The maximum Gasteiger partial charge on any atom is 0.228 e. The van der Waals surface area contributed by atoms with Crippen LogP contribution in [0, 0.1) is 5.41 Å². The van der Waals surface area contributed by atoms with Gasteiger partial charge in [0.1, 0.15) is 6.73 Å². The first-order valence-electron chi connectivity index (χ1n) is 8.24. The third-order valence-corrected chi connectivity index (χ3v) is 4.53. The summed E-state index contributed by atoms with van der Waals surface area (Å²) in [6.07, 6.45) is 0. The Labute approximate surface area is 140 Å². The van der Waals surface area contributed by atoms with E-state index in [1.54, 1.807) is 0 Å². The van der Waals surface area contributed by atoms with Crippen LogP contribution in [0.25, 0.3) is 10.9 Å². The van der Waals surface area contributed by atoms with Crippen LogP contribution in [0.3, 0.4) is 0 Å². The number of carbonyl (C=O) groups excluding carboxylic acids is 1. The highest BCUT2D eigenvalue weighted by Crippen LogP contribution is 2.32. The first kappa shape index (κ1) is 15.2. The van der Waals surface area contributed by atoms with Gasteiger partial charge in [0, 0.05) is 27.6 Å².